The van der Waals surface area contributed by atoms with Crippen LogP contribution in [0.4, 0.5) is 10.2 Å². The molecule has 0 atom stereocenters. The molecule has 8 heteroatoms. The first-order chi connectivity index (χ1) is 9.92. The van der Waals surface area contributed by atoms with Crippen molar-refractivity contribution in [3.8, 4) is 0 Å². The van der Waals surface area contributed by atoms with E-state index in [9.17, 15) is 12.8 Å². The lowest BCUT2D eigenvalue weighted by Crippen LogP contribution is -2.26. The van der Waals surface area contributed by atoms with Gasteiger partial charge in [-0.1, -0.05) is 12.1 Å². The summed E-state index contributed by atoms with van der Waals surface area (Å²) in [5.74, 6) is -0.342. The van der Waals surface area contributed by atoms with E-state index < -0.39 is 10.0 Å². The van der Waals surface area contributed by atoms with E-state index in [1.807, 2.05) is 6.92 Å². The molecule has 0 radical (unpaired) electrons. The minimum Gasteiger partial charge on any atom is -0.381 e. The summed E-state index contributed by atoms with van der Waals surface area (Å²) >= 11 is 0. The molecule has 0 unspecified atom stereocenters. The van der Waals surface area contributed by atoms with Crippen molar-refractivity contribution in [2.75, 3.05) is 12.3 Å². The maximum Gasteiger partial charge on any atom is 0.245 e. The lowest BCUT2D eigenvalue weighted by Gasteiger charge is -2.05. The maximum atomic E-state index is 12.8. The summed E-state index contributed by atoms with van der Waals surface area (Å²) in [6.07, 6.45) is 1.86. The number of anilines is 1. The molecule has 114 valence electrons. The molecule has 0 amide bonds. The summed E-state index contributed by atoms with van der Waals surface area (Å²) in [7, 11) is -3.69. The monoisotopic (exact) mass is 312 g/mol. The van der Waals surface area contributed by atoms with Crippen LogP contribution in [0.5, 0.6) is 0 Å². The first-order valence-corrected chi connectivity index (χ1v) is 7.97. The van der Waals surface area contributed by atoms with E-state index >= 15 is 0 Å². The summed E-state index contributed by atoms with van der Waals surface area (Å²) in [6, 6.07) is 5.92. The zero-order valence-electron chi connectivity index (χ0n) is 11.6. The number of nitrogens with two attached hydrogens (primary N) is 1. The zero-order valence-corrected chi connectivity index (χ0v) is 12.4. The molecule has 2 rings (SSSR count). The van der Waals surface area contributed by atoms with E-state index in [1.54, 1.807) is 12.1 Å². The Morgan fingerprint density at radius 3 is 2.57 bits per heavy atom. The van der Waals surface area contributed by atoms with E-state index in [0.717, 1.165) is 5.56 Å². The predicted molar refractivity (Wildman–Crippen MR) is 77.6 cm³/mol. The highest BCUT2D eigenvalue weighted by atomic mass is 32.2. The standard InChI is InChI=1S/C13H17FN4O2S/c1-2-18-9-12(13(15)17-18)21(19,20)16-8-7-10-3-5-11(14)6-4-10/h3-6,9,16H,2,7-8H2,1H3,(H2,15,17). The van der Waals surface area contributed by atoms with Crippen LogP contribution in [0.1, 0.15) is 12.5 Å². The third-order valence-electron chi connectivity index (χ3n) is 2.99. The van der Waals surface area contributed by atoms with Crippen LogP contribution in [-0.4, -0.2) is 24.7 Å². The van der Waals surface area contributed by atoms with Crippen molar-refractivity contribution in [3.63, 3.8) is 0 Å². The van der Waals surface area contributed by atoms with Gasteiger partial charge in [0.05, 0.1) is 0 Å². The van der Waals surface area contributed by atoms with Crippen LogP contribution in [-0.2, 0) is 23.0 Å². The van der Waals surface area contributed by atoms with Crippen LogP contribution < -0.4 is 10.5 Å². The summed E-state index contributed by atoms with van der Waals surface area (Å²) in [6.45, 7) is 2.57. The van der Waals surface area contributed by atoms with Crippen LogP contribution in [0.2, 0.25) is 0 Å². The Balaban J connectivity index is 2.01. The molecule has 0 saturated carbocycles. The van der Waals surface area contributed by atoms with Crippen LogP contribution in [0.3, 0.4) is 0 Å². The van der Waals surface area contributed by atoms with Crippen molar-refractivity contribution in [1.29, 1.82) is 0 Å². The minimum atomic E-state index is -3.69. The molecule has 3 N–H and O–H groups in total. The number of nitrogens with one attached hydrogen (secondary N) is 1. The van der Waals surface area contributed by atoms with E-state index in [2.05, 4.69) is 9.82 Å². The second-order valence-electron chi connectivity index (χ2n) is 4.51. The Kier molecular flexibility index (Phi) is 4.59. The average molecular weight is 312 g/mol. The molecule has 0 saturated heterocycles. The molecule has 0 aliphatic carbocycles. The van der Waals surface area contributed by atoms with Gasteiger partial charge in [-0.3, -0.25) is 4.68 Å². The topological polar surface area (TPSA) is 90.0 Å². The number of sulfonamides is 1. The van der Waals surface area contributed by atoms with Crippen molar-refractivity contribution < 1.29 is 12.8 Å². The van der Waals surface area contributed by atoms with E-state index in [1.165, 1.54) is 23.0 Å². The number of halogens is 1. The molecule has 21 heavy (non-hydrogen) atoms. The third kappa shape index (κ3) is 3.79. The van der Waals surface area contributed by atoms with Crippen LogP contribution in [0.15, 0.2) is 35.4 Å². The van der Waals surface area contributed by atoms with Gasteiger partial charge in [0.2, 0.25) is 10.0 Å². The minimum absolute atomic E-state index is 0.0221. The van der Waals surface area contributed by atoms with Crippen LogP contribution in [0.25, 0.3) is 0 Å². The van der Waals surface area contributed by atoms with Crippen molar-refractivity contribution in [3.05, 3.63) is 41.8 Å². The molecule has 2 aromatic rings. The number of benzene rings is 1. The fourth-order valence-corrected chi connectivity index (χ4v) is 2.95. The largest absolute Gasteiger partial charge is 0.381 e. The quantitative estimate of drug-likeness (QED) is 0.837. The molecular formula is C13H17FN4O2S. The first kappa shape index (κ1) is 15.5. The number of hydrogen-bond acceptors (Lipinski definition) is 4. The molecular weight excluding hydrogens is 295 g/mol. The van der Waals surface area contributed by atoms with Gasteiger partial charge in [-0.15, -0.1) is 0 Å². The second-order valence-corrected chi connectivity index (χ2v) is 6.24. The Labute approximate surface area is 122 Å². The Hall–Kier alpha value is -1.93. The number of hydrogen-bond donors (Lipinski definition) is 2. The normalized spacial score (nSPS) is 11.7. The second kappa shape index (κ2) is 6.23. The average Bonchev–Trinajstić information content (AvgIpc) is 2.83. The van der Waals surface area contributed by atoms with Crippen LogP contribution in [0, 0.1) is 5.82 Å². The van der Waals surface area contributed by atoms with E-state index in [4.69, 9.17) is 5.73 Å². The van der Waals surface area contributed by atoms with Gasteiger partial charge in [-0.25, -0.2) is 17.5 Å². The molecule has 1 aromatic heterocycles. The zero-order chi connectivity index (χ0) is 15.5. The van der Waals surface area contributed by atoms with Gasteiger partial charge in [0.25, 0.3) is 0 Å². The molecule has 6 nitrogen and oxygen atoms in total. The SMILES string of the molecule is CCn1cc(S(=O)(=O)NCCc2ccc(F)cc2)c(N)n1. The highest BCUT2D eigenvalue weighted by Crippen LogP contribution is 2.15. The van der Waals surface area contributed by atoms with Gasteiger partial charge in [0, 0.05) is 19.3 Å². The van der Waals surface area contributed by atoms with Gasteiger partial charge >= 0.3 is 0 Å². The molecule has 1 heterocycles. The van der Waals surface area contributed by atoms with Gasteiger partial charge in [-0.05, 0) is 31.0 Å². The number of aryl methyl sites for hydroxylation is 1. The van der Waals surface area contributed by atoms with Crippen LogP contribution >= 0.6 is 0 Å². The summed E-state index contributed by atoms with van der Waals surface area (Å²) in [5.41, 5.74) is 6.45. The van der Waals surface area contributed by atoms with Gasteiger partial charge in [-0.2, -0.15) is 5.10 Å². The number of aromatic nitrogens is 2. The number of nitrogen functional groups attached to an aromatic ring is 1. The van der Waals surface area contributed by atoms with Crippen molar-refractivity contribution in [1.82, 2.24) is 14.5 Å². The first-order valence-electron chi connectivity index (χ1n) is 6.49. The predicted octanol–water partition coefficient (Wildman–Crippen LogP) is 1.15. The highest BCUT2D eigenvalue weighted by molar-refractivity contribution is 7.89. The van der Waals surface area contributed by atoms with Crippen molar-refractivity contribution >= 4 is 15.8 Å². The Bertz CT molecular complexity index is 710. The third-order valence-corrected chi connectivity index (χ3v) is 4.47. The molecule has 0 aliphatic rings. The lowest BCUT2D eigenvalue weighted by atomic mass is 10.1. The number of rotatable bonds is 6. The highest BCUT2D eigenvalue weighted by Gasteiger charge is 2.20. The molecule has 0 fully saturated rings. The fourth-order valence-electron chi connectivity index (χ4n) is 1.85. The van der Waals surface area contributed by atoms with Gasteiger partial charge in [0.1, 0.15) is 10.7 Å². The smallest absolute Gasteiger partial charge is 0.245 e. The molecule has 0 aliphatic heterocycles. The Morgan fingerprint density at radius 2 is 2.00 bits per heavy atom. The molecule has 0 spiro atoms. The lowest BCUT2D eigenvalue weighted by molar-refractivity contribution is 0.581. The fraction of sp³-hybridized carbons (Fsp3) is 0.308. The van der Waals surface area contributed by atoms with E-state index in [-0.39, 0.29) is 23.1 Å². The molecule has 0 bridgehead atoms. The van der Waals surface area contributed by atoms with Gasteiger partial charge in [0.15, 0.2) is 5.82 Å². The number of nitrogens with zero attached hydrogens (tertiary/aromatic N) is 2. The maximum absolute atomic E-state index is 12.8. The summed E-state index contributed by atoms with van der Waals surface area (Å²) in [5, 5.41) is 3.90. The summed E-state index contributed by atoms with van der Waals surface area (Å²) in [4.78, 5) is -0.0246. The van der Waals surface area contributed by atoms with Crippen molar-refractivity contribution in [2.24, 2.45) is 0 Å². The van der Waals surface area contributed by atoms with E-state index in [0.29, 0.717) is 13.0 Å². The van der Waals surface area contributed by atoms with Crippen molar-refractivity contribution in [2.45, 2.75) is 24.8 Å². The van der Waals surface area contributed by atoms with Gasteiger partial charge < -0.3 is 5.73 Å². The summed E-state index contributed by atoms with van der Waals surface area (Å²) < 4.78 is 40.9. The Morgan fingerprint density at radius 1 is 1.33 bits per heavy atom. The molecule has 1 aromatic carbocycles.